The van der Waals surface area contributed by atoms with E-state index < -0.39 is 33.4 Å². The van der Waals surface area contributed by atoms with Gasteiger partial charge in [0.05, 0.1) is 12.2 Å². The number of aliphatic hydroxyl groups is 1. The molecule has 1 aliphatic heterocycles. The summed E-state index contributed by atoms with van der Waals surface area (Å²) < 4.78 is 27.6. The van der Waals surface area contributed by atoms with Crippen LogP contribution in [0.4, 0.5) is 0 Å². The highest BCUT2D eigenvalue weighted by atomic mass is 31.2. The molecule has 35 heavy (non-hydrogen) atoms. The summed E-state index contributed by atoms with van der Waals surface area (Å²) in [5.41, 5.74) is 1.70. The standard InChI is InChI=1S/C25H27N2O7P/c1-17(34-35(30,31)33-16-32-24(29)23-8-9-26-12-20(23)14-28)27-13-22-11-25(22,15-27)21-7-6-18-4-2-3-5-19(18)10-21/h2-10,12,17,22,28H,11,13-16H2,1H3,(H,30,31)/t17?,22-,25+/m1/s1. The lowest BCUT2D eigenvalue weighted by Gasteiger charge is -2.28. The van der Waals surface area contributed by atoms with Crippen molar-refractivity contribution in [1.82, 2.24) is 9.88 Å². The van der Waals surface area contributed by atoms with Gasteiger partial charge in [0, 0.05) is 36.5 Å². The van der Waals surface area contributed by atoms with Gasteiger partial charge in [-0.05, 0) is 41.7 Å². The van der Waals surface area contributed by atoms with E-state index in [0.29, 0.717) is 5.92 Å². The lowest BCUT2D eigenvalue weighted by Crippen LogP contribution is -2.36. The van der Waals surface area contributed by atoms with Crippen LogP contribution < -0.4 is 0 Å². The smallest absolute Gasteiger partial charge is 0.434 e. The maximum absolute atomic E-state index is 12.5. The quantitative estimate of drug-likeness (QED) is 0.259. The molecule has 1 aromatic heterocycles. The summed E-state index contributed by atoms with van der Waals surface area (Å²) >= 11 is 0. The number of hydrogen-bond donors (Lipinski definition) is 2. The minimum atomic E-state index is -4.48. The van der Waals surface area contributed by atoms with E-state index in [1.165, 1.54) is 34.8 Å². The monoisotopic (exact) mass is 498 g/mol. The summed E-state index contributed by atoms with van der Waals surface area (Å²) in [5, 5.41) is 11.7. The van der Waals surface area contributed by atoms with Crippen LogP contribution in [0, 0.1) is 5.92 Å². The highest BCUT2D eigenvalue weighted by Gasteiger charge is 2.61. The van der Waals surface area contributed by atoms with Crippen molar-refractivity contribution in [3.05, 3.63) is 77.6 Å². The van der Waals surface area contributed by atoms with Gasteiger partial charge in [0.15, 0.2) is 0 Å². The molecule has 3 aromatic rings. The number of carbonyl (C=O) groups excluding carboxylic acids is 1. The Hall–Kier alpha value is -2.65. The number of phosphoric ester groups is 1. The van der Waals surface area contributed by atoms with Gasteiger partial charge in [-0.3, -0.25) is 14.4 Å². The molecule has 184 valence electrons. The Kier molecular flexibility index (Phi) is 6.48. The number of rotatable bonds is 9. The molecule has 2 aliphatic rings. The van der Waals surface area contributed by atoms with E-state index in [1.807, 2.05) is 17.0 Å². The maximum Gasteiger partial charge on any atom is 0.476 e. The third-order valence-electron chi connectivity index (χ3n) is 7.00. The zero-order valence-corrected chi connectivity index (χ0v) is 20.1. The second-order valence-corrected chi connectivity index (χ2v) is 10.5. The van der Waals surface area contributed by atoms with Crippen molar-refractivity contribution in [3.63, 3.8) is 0 Å². The lowest BCUT2D eigenvalue weighted by atomic mass is 9.93. The van der Waals surface area contributed by atoms with Gasteiger partial charge >= 0.3 is 13.8 Å². The average molecular weight is 498 g/mol. The molecule has 0 radical (unpaired) electrons. The van der Waals surface area contributed by atoms with Crippen molar-refractivity contribution < 1.29 is 33.1 Å². The number of pyridine rings is 1. The van der Waals surface area contributed by atoms with Crippen LogP contribution >= 0.6 is 7.82 Å². The topological polar surface area (TPSA) is 118 Å². The predicted octanol–water partition coefficient (Wildman–Crippen LogP) is 3.59. The van der Waals surface area contributed by atoms with Crippen LogP contribution in [0.15, 0.2) is 60.9 Å². The van der Waals surface area contributed by atoms with Crippen molar-refractivity contribution in [3.8, 4) is 0 Å². The fourth-order valence-corrected chi connectivity index (χ4v) is 5.78. The van der Waals surface area contributed by atoms with Crippen molar-refractivity contribution in [2.24, 2.45) is 5.92 Å². The first-order valence-corrected chi connectivity index (χ1v) is 12.9. The highest BCUT2D eigenvalue weighted by molar-refractivity contribution is 7.47. The van der Waals surface area contributed by atoms with Gasteiger partial charge in [-0.15, -0.1) is 0 Å². The zero-order valence-electron chi connectivity index (χ0n) is 19.2. The number of fused-ring (bicyclic) bond motifs is 2. The van der Waals surface area contributed by atoms with E-state index >= 15 is 0 Å². The first-order valence-electron chi connectivity index (χ1n) is 11.4. The second-order valence-electron chi connectivity index (χ2n) is 9.09. The summed E-state index contributed by atoms with van der Waals surface area (Å²) in [5.74, 6) is -0.336. The number of phosphoric acid groups is 1. The molecule has 0 spiro atoms. The number of carbonyl (C=O) groups is 1. The van der Waals surface area contributed by atoms with E-state index in [-0.39, 0.29) is 16.5 Å². The van der Waals surface area contributed by atoms with Gasteiger partial charge in [-0.1, -0.05) is 42.5 Å². The molecule has 1 saturated heterocycles. The SMILES string of the molecule is CC(OP(=O)(O)OCOC(=O)c1ccncc1CO)N1C[C@H]2C[C@@]2(c2ccc3ccccc3c2)C1. The maximum atomic E-state index is 12.5. The largest absolute Gasteiger partial charge is 0.476 e. The second kappa shape index (κ2) is 9.43. The Bertz CT molecular complexity index is 1300. The third-order valence-corrected chi connectivity index (χ3v) is 8.00. The Labute approximate surface area is 202 Å². The molecule has 2 heterocycles. The molecule has 5 rings (SSSR count). The number of nitrogens with zero attached hydrogens (tertiary/aromatic N) is 2. The minimum absolute atomic E-state index is 0.0342. The summed E-state index contributed by atoms with van der Waals surface area (Å²) in [6, 6.07) is 16.2. The number of ether oxygens (including phenoxy) is 1. The normalized spacial score (nSPS) is 24.0. The lowest BCUT2D eigenvalue weighted by molar-refractivity contribution is -0.0221. The average Bonchev–Trinajstić information content (AvgIpc) is 3.43. The summed E-state index contributed by atoms with van der Waals surface area (Å²) in [7, 11) is -4.48. The van der Waals surface area contributed by atoms with Gasteiger partial charge in [0.25, 0.3) is 0 Å². The fourth-order valence-electron chi connectivity index (χ4n) is 5.01. The van der Waals surface area contributed by atoms with E-state index in [1.54, 1.807) is 6.92 Å². The molecular weight excluding hydrogens is 471 g/mol. The first-order chi connectivity index (χ1) is 16.8. The van der Waals surface area contributed by atoms with Crippen LogP contribution in [0.3, 0.4) is 0 Å². The Balaban J connectivity index is 1.16. The molecule has 10 heteroatoms. The third kappa shape index (κ3) is 4.89. The summed E-state index contributed by atoms with van der Waals surface area (Å²) in [6.45, 7) is 2.03. The molecule has 1 aliphatic carbocycles. The number of esters is 1. The molecule has 2 aromatic carbocycles. The van der Waals surface area contributed by atoms with Crippen molar-refractivity contribution in [2.45, 2.75) is 31.6 Å². The number of likely N-dealkylation sites (tertiary alicyclic amines) is 1. The van der Waals surface area contributed by atoms with Gasteiger partial charge in [0.2, 0.25) is 6.79 Å². The van der Waals surface area contributed by atoms with Crippen LogP contribution in [-0.4, -0.2) is 52.0 Å². The van der Waals surface area contributed by atoms with E-state index in [9.17, 15) is 19.4 Å². The minimum Gasteiger partial charge on any atom is -0.434 e. The Morgan fingerprint density at radius 3 is 2.86 bits per heavy atom. The van der Waals surface area contributed by atoms with Crippen LogP contribution in [0.1, 0.15) is 34.8 Å². The Morgan fingerprint density at radius 1 is 1.26 bits per heavy atom. The fraction of sp³-hybridized carbons (Fsp3) is 0.360. The van der Waals surface area contributed by atoms with Crippen LogP contribution in [0.2, 0.25) is 0 Å². The summed E-state index contributed by atoms with van der Waals surface area (Å²) in [6.07, 6.45) is 3.14. The molecule has 4 atom stereocenters. The number of aliphatic hydroxyl groups excluding tert-OH is 1. The molecule has 1 saturated carbocycles. The van der Waals surface area contributed by atoms with Gasteiger partial charge in [-0.25, -0.2) is 13.9 Å². The van der Waals surface area contributed by atoms with Crippen LogP contribution in [0.25, 0.3) is 10.8 Å². The van der Waals surface area contributed by atoms with E-state index in [4.69, 9.17) is 13.8 Å². The number of aromatic nitrogens is 1. The molecule has 2 N–H and O–H groups in total. The van der Waals surface area contributed by atoms with Crippen molar-refractivity contribution >= 4 is 24.6 Å². The molecule has 9 nitrogen and oxygen atoms in total. The molecule has 0 bridgehead atoms. The number of benzene rings is 2. The molecule has 2 unspecified atom stereocenters. The zero-order chi connectivity index (χ0) is 24.6. The molecular formula is C25H27N2O7P. The summed E-state index contributed by atoms with van der Waals surface area (Å²) in [4.78, 5) is 28.2. The highest BCUT2D eigenvalue weighted by Crippen LogP contribution is 2.60. The predicted molar refractivity (Wildman–Crippen MR) is 127 cm³/mol. The van der Waals surface area contributed by atoms with E-state index in [0.717, 1.165) is 19.5 Å². The van der Waals surface area contributed by atoms with Crippen molar-refractivity contribution in [1.29, 1.82) is 0 Å². The van der Waals surface area contributed by atoms with Gasteiger partial charge < -0.3 is 14.7 Å². The number of hydrogen-bond acceptors (Lipinski definition) is 8. The Morgan fingerprint density at radius 2 is 2.06 bits per heavy atom. The van der Waals surface area contributed by atoms with Gasteiger partial charge in [0.1, 0.15) is 6.23 Å². The van der Waals surface area contributed by atoms with Crippen LogP contribution in [0.5, 0.6) is 0 Å². The van der Waals surface area contributed by atoms with Gasteiger partial charge in [-0.2, -0.15) is 0 Å². The van der Waals surface area contributed by atoms with E-state index in [2.05, 4.69) is 35.3 Å². The first kappa shape index (κ1) is 24.1. The van der Waals surface area contributed by atoms with Crippen molar-refractivity contribution in [2.75, 3.05) is 19.9 Å². The van der Waals surface area contributed by atoms with Crippen LogP contribution in [-0.2, 0) is 30.4 Å². The molecule has 0 amide bonds. The molecule has 2 fully saturated rings. The number of piperidine rings is 1.